The highest BCUT2D eigenvalue weighted by atomic mass is 16.4. The zero-order valence-electron chi connectivity index (χ0n) is 12.8. The van der Waals surface area contributed by atoms with Crippen molar-refractivity contribution in [1.29, 1.82) is 5.26 Å². The van der Waals surface area contributed by atoms with Crippen molar-refractivity contribution in [1.82, 2.24) is 9.97 Å². The van der Waals surface area contributed by atoms with Gasteiger partial charge in [-0.3, -0.25) is 4.79 Å². The van der Waals surface area contributed by atoms with Crippen LogP contribution in [0.25, 0.3) is 32.9 Å². The first-order valence-corrected chi connectivity index (χ1v) is 7.49. The van der Waals surface area contributed by atoms with Gasteiger partial charge in [-0.1, -0.05) is 18.2 Å². The third kappa shape index (κ3) is 2.26. The second-order valence-electron chi connectivity index (χ2n) is 5.66. The van der Waals surface area contributed by atoms with Crippen LogP contribution in [0.1, 0.15) is 15.9 Å². The van der Waals surface area contributed by atoms with Crippen LogP contribution in [0.4, 0.5) is 0 Å². The van der Waals surface area contributed by atoms with E-state index in [0.717, 1.165) is 11.1 Å². The molecule has 6 heteroatoms. The first-order valence-electron chi connectivity index (χ1n) is 7.49. The Morgan fingerprint density at radius 3 is 2.68 bits per heavy atom. The molecule has 3 N–H and O–H groups in total. The molecule has 120 valence electrons. The van der Waals surface area contributed by atoms with Crippen LogP contribution < -0.4 is 5.56 Å². The van der Waals surface area contributed by atoms with Crippen molar-refractivity contribution in [3.8, 4) is 17.2 Å². The highest BCUT2D eigenvalue weighted by molar-refractivity contribution is 6.15. The number of pyridine rings is 1. The maximum absolute atomic E-state index is 12.2. The number of rotatable bonds is 2. The topological polar surface area (TPSA) is 110 Å². The quantitative estimate of drug-likeness (QED) is 0.524. The van der Waals surface area contributed by atoms with Gasteiger partial charge in [-0.2, -0.15) is 5.26 Å². The number of nitrogens with zero attached hydrogens (tertiary/aromatic N) is 1. The Hall–Kier alpha value is -3.85. The van der Waals surface area contributed by atoms with E-state index >= 15 is 0 Å². The Labute approximate surface area is 141 Å². The summed E-state index contributed by atoms with van der Waals surface area (Å²) in [6.45, 7) is 0. The van der Waals surface area contributed by atoms with Gasteiger partial charge in [0.15, 0.2) is 0 Å². The standard InChI is InChI=1S/C19H11N3O3/c20-8-10-2-1-3-11(6-10)12-4-5-15-13(7-12)16-14(19(24)25)9-21-17(16)18(23)22-15/h1-7,9,21H,(H,22,23)(H,24,25). The summed E-state index contributed by atoms with van der Waals surface area (Å²) in [5, 5.41) is 19.5. The number of carboxylic acid groups (broad SMARTS) is 1. The number of aromatic carboxylic acids is 1. The lowest BCUT2D eigenvalue weighted by atomic mass is 9.99. The van der Waals surface area contributed by atoms with Gasteiger partial charge in [0, 0.05) is 22.5 Å². The molecule has 0 amide bonds. The van der Waals surface area contributed by atoms with Crippen LogP contribution in [-0.2, 0) is 0 Å². The lowest BCUT2D eigenvalue weighted by Crippen LogP contribution is -2.07. The van der Waals surface area contributed by atoms with Gasteiger partial charge in [-0.25, -0.2) is 4.79 Å². The zero-order valence-corrected chi connectivity index (χ0v) is 12.8. The third-order valence-electron chi connectivity index (χ3n) is 4.20. The monoisotopic (exact) mass is 329 g/mol. The number of benzene rings is 2. The SMILES string of the molecule is N#Cc1cccc(-c2ccc3[nH]c(=O)c4[nH]cc(C(=O)O)c4c3c2)c1. The largest absolute Gasteiger partial charge is 0.478 e. The molecule has 2 aromatic carbocycles. The Morgan fingerprint density at radius 2 is 1.92 bits per heavy atom. The van der Waals surface area contributed by atoms with E-state index in [-0.39, 0.29) is 16.6 Å². The summed E-state index contributed by atoms with van der Waals surface area (Å²) < 4.78 is 0. The summed E-state index contributed by atoms with van der Waals surface area (Å²) in [4.78, 5) is 29.1. The van der Waals surface area contributed by atoms with E-state index in [1.54, 1.807) is 24.3 Å². The Morgan fingerprint density at radius 1 is 1.12 bits per heavy atom. The smallest absolute Gasteiger partial charge is 0.337 e. The van der Waals surface area contributed by atoms with Crippen molar-refractivity contribution in [2.24, 2.45) is 0 Å². The molecule has 4 rings (SSSR count). The van der Waals surface area contributed by atoms with Gasteiger partial charge in [0.25, 0.3) is 5.56 Å². The van der Waals surface area contributed by atoms with Crippen LogP contribution >= 0.6 is 0 Å². The summed E-state index contributed by atoms with van der Waals surface area (Å²) >= 11 is 0. The van der Waals surface area contributed by atoms with E-state index in [2.05, 4.69) is 16.0 Å². The molecule has 2 heterocycles. The third-order valence-corrected chi connectivity index (χ3v) is 4.20. The van der Waals surface area contributed by atoms with E-state index in [0.29, 0.717) is 21.9 Å². The Kier molecular flexibility index (Phi) is 3.15. The van der Waals surface area contributed by atoms with Crippen LogP contribution in [0.3, 0.4) is 0 Å². The number of nitrogens with one attached hydrogen (secondary N) is 2. The van der Waals surface area contributed by atoms with Gasteiger partial charge in [0.1, 0.15) is 5.52 Å². The molecule has 0 aliphatic carbocycles. The summed E-state index contributed by atoms with van der Waals surface area (Å²) in [6.07, 6.45) is 1.32. The molecule has 0 radical (unpaired) electrons. The zero-order chi connectivity index (χ0) is 17.6. The number of aromatic amines is 2. The Bertz CT molecular complexity index is 1260. The summed E-state index contributed by atoms with van der Waals surface area (Å²) in [5.74, 6) is -1.10. The predicted octanol–water partition coefficient (Wildman–Crippen LogP) is 3.25. The number of aromatic nitrogens is 2. The number of hydrogen-bond donors (Lipinski definition) is 3. The average molecular weight is 329 g/mol. The molecular weight excluding hydrogens is 318 g/mol. The fourth-order valence-electron chi connectivity index (χ4n) is 3.04. The Balaban J connectivity index is 2.08. The number of H-pyrrole nitrogens is 2. The lowest BCUT2D eigenvalue weighted by Gasteiger charge is -2.06. The minimum atomic E-state index is -1.10. The van der Waals surface area contributed by atoms with E-state index < -0.39 is 5.97 Å². The number of carbonyl (C=O) groups is 1. The van der Waals surface area contributed by atoms with Crippen LogP contribution in [0.5, 0.6) is 0 Å². The molecule has 6 nitrogen and oxygen atoms in total. The van der Waals surface area contributed by atoms with Gasteiger partial charge in [0.05, 0.1) is 17.2 Å². The van der Waals surface area contributed by atoms with Gasteiger partial charge >= 0.3 is 5.97 Å². The van der Waals surface area contributed by atoms with Gasteiger partial charge in [0.2, 0.25) is 0 Å². The normalized spacial score (nSPS) is 10.8. The summed E-state index contributed by atoms with van der Waals surface area (Å²) in [7, 11) is 0. The van der Waals surface area contributed by atoms with E-state index in [1.165, 1.54) is 6.20 Å². The van der Waals surface area contributed by atoms with Gasteiger partial charge < -0.3 is 15.1 Å². The molecule has 0 fully saturated rings. The number of hydrogen-bond acceptors (Lipinski definition) is 3. The van der Waals surface area contributed by atoms with Crippen molar-refractivity contribution in [2.45, 2.75) is 0 Å². The summed E-state index contributed by atoms with van der Waals surface area (Å²) in [6, 6.07) is 14.6. The molecule has 0 spiro atoms. The molecule has 0 aliphatic heterocycles. The molecule has 0 unspecified atom stereocenters. The minimum absolute atomic E-state index is 0.0500. The first-order chi connectivity index (χ1) is 12.1. The first kappa shape index (κ1) is 14.7. The van der Waals surface area contributed by atoms with Crippen LogP contribution in [0.15, 0.2) is 53.5 Å². The van der Waals surface area contributed by atoms with Crippen LogP contribution in [-0.4, -0.2) is 21.0 Å². The molecule has 0 atom stereocenters. The van der Waals surface area contributed by atoms with Gasteiger partial charge in [-0.05, 0) is 35.4 Å². The van der Waals surface area contributed by atoms with Crippen LogP contribution in [0.2, 0.25) is 0 Å². The molecule has 0 saturated carbocycles. The minimum Gasteiger partial charge on any atom is -0.478 e. The van der Waals surface area contributed by atoms with E-state index in [1.807, 2.05) is 18.2 Å². The maximum Gasteiger partial charge on any atom is 0.337 e. The van der Waals surface area contributed by atoms with Crippen molar-refractivity contribution in [2.75, 3.05) is 0 Å². The number of fused-ring (bicyclic) bond motifs is 3. The average Bonchev–Trinajstić information content (AvgIpc) is 3.08. The van der Waals surface area contributed by atoms with Gasteiger partial charge in [-0.15, -0.1) is 0 Å². The predicted molar refractivity (Wildman–Crippen MR) is 93.5 cm³/mol. The van der Waals surface area contributed by atoms with Crippen molar-refractivity contribution in [3.63, 3.8) is 0 Å². The molecule has 0 saturated heterocycles. The highest BCUT2D eigenvalue weighted by Crippen LogP contribution is 2.29. The van der Waals surface area contributed by atoms with E-state index in [4.69, 9.17) is 5.26 Å². The molecule has 4 aromatic rings. The van der Waals surface area contributed by atoms with Crippen molar-refractivity contribution < 1.29 is 9.90 Å². The van der Waals surface area contributed by atoms with E-state index in [9.17, 15) is 14.7 Å². The lowest BCUT2D eigenvalue weighted by molar-refractivity contribution is 0.0699. The fourth-order valence-corrected chi connectivity index (χ4v) is 3.04. The molecule has 2 aromatic heterocycles. The highest BCUT2D eigenvalue weighted by Gasteiger charge is 2.16. The molecule has 0 bridgehead atoms. The molecule has 0 aliphatic rings. The van der Waals surface area contributed by atoms with Crippen LogP contribution in [0, 0.1) is 11.3 Å². The molecular formula is C19H11N3O3. The second-order valence-corrected chi connectivity index (χ2v) is 5.66. The van der Waals surface area contributed by atoms with Crippen molar-refractivity contribution >= 4 is 27.8 Å². The maximum atomic E-state index is 12.2. The second kappa shape index (κ2) is 5.35. The number of carboxylic acids is 1. The molecule has 25 heavy (non-hydrogen) atoms. The van der Waals surface area contributed by atoms with Crippen molar-refractivity contribution in [3.05, 3.63) is 70.1 Å². The fraction of sp³-hybridized carbons (Fsp3) is 0. The summed E-state index contributed by atoms with van der Waals surface area (Å²) in [5.41, 5.74) is 2.68. The number of nitriles is 1.